The smallest absolute Gasteiger partial charge is 0.251 e. The fourth-order valence-corrected chi connectivity index (χ4v) is 5.02. The second-order valence-electron chi connectivity index (χ2n) is 6.54. The number of hydrogen-bond donors (Lipinski definition) is 1. The van der Waals surface area contributed by atoms with Crippen molar-refractivity contribution in [3.05, 3.63) is 34.3 Å². The molecule has 2 heterocycles. The number of rotatable bonds is 4. The first-order chi connectivity index (χ1) is 11.2. The van der Waals surface area contributed by atoms with E-state index >= 15 is 0 Å². The number of nitrogens with zero attached hydrogens (tertiary/aromatic N) is 1. The summed E-state index contributed by atoms with van der Waals surface area (Å²) in [5.41, 5.74) is 0.733. The molecule has 1 N–H and O–H groups in total. The van der Waals surface area contributed by atoms with Crippen LogP contribution < -0.4 is 5.32 Å². The molecule has 2 aliphatic rings. The van der Waals surface area contributed by atoms with Gasteiger partial charge in [-0.25, -0.2) is 0 Å². The summed E-state index contributed by atoms with van der Waals surface area (Å²) in [5, 5.41) is 3.11. The van der Waals surface area contributed by atoms with Crippen molar-refractivity contribution in [2.75, 3.05) is 31.1 Å². The van der Waals surface area contributed by atoms with Gasteiger partial charge in [0.1, 0.15) is 0 Å². The summed E-state index contributed by atoms with van der Waals surface area (Å²) in [7, 11) is 0. The Morgan fingerprint density at radius 1 is 1.22 bits per heavy atom. The molecule has 3 nitrogen and oxygen atoms in total. The first-order valence-corrected chi connectivity index (χ1v) is 10.5. The molecule has 5 heteroatoms. The molecule has 0 bridgehead atoms. The average Bonchev–Trinajstić information content (AvgIpc) is 2.61. The molecule has 1 aromatic rings. The van der Waals surface area contributed by atoms with Crippen LogP contribution in [-0.4, -0.2) is 48.0 Å². The van der Waals surface area contributed by atoms with E-state index in [2.05, 4.69) is 37.9 Å². The predicted octanol–water partition coefficient (Wildman–Crippen LogP) is 3.79. The van der Waals surface area contributed by atoms with E-state index in [-0.39, 0.29) is 5.91 Å². The highest BCUT2D eigenvalue weighted by Crippen LogP contribution is 2.26. The second-order valence-corrected chi connectivity index (χ2v) is 8.68. The molecular formula is C18H25BrN2OS. The van der Waals surface area contributed by atoms with Gasteiger partial charge < -0.3 is 10.2 Å². The zero-order valence-corrected chi connectivity index (χ0v) is 15.9. The Morgan fingerprint density at radius 2 is 1.96 bits per heavy atom. The highest BCUT2D eigenvalue weighted by atomic mass is 79.9. The molecule has 1 amide bonds. The van der Waals surface area contributed by atoms with E-state index in [0.29, 0.717) is 5.92 Å². The summed E-state index contributed by atoms with van der Waals surface area (Å²) in [6.45, 7) is 3.21. The highest BCUT2D eigenvalue weighted by Gasteiger charge is 2.26. The van der Waals surface area contributed by atoms with Crippen molar-refractivity contribution in [2.45, 2.75) is 31.7 Å². The van der Waals surface area contributed by atoms with E-state index in [9.17, 15) is 4.79 Å². The second kappa shape index (κ2) is 8.54. The Balaban J connectivity index is 1.41. The molecule has 0 unspecified atom stereocenters. The number of hydrogen-bond acceptors (Lipinski definition) is 3. The van der Waals surface area contributed by atoms with Crippen LogP contribution in [0.5, 0.6) is 0 Å². The van der Waals surface area contributed by atoms with Crippen molar-refractivity contribution in [2.24, 2.45) is 5.92 Å². The van der Waals surface area contributed by atoms with Crippen LogP contribution in [0.2, 0.25) is 0 Å². The Labute approximate surface area is 151 Å². The SMILES string of the molecule is O=C(NCC1CCN(C2CCSCC2)CC1)c1cccc(Br)c1. The number of carbonyl (C=O) groups excluding carboxylic acids is 1. The molecule has 0 saturated carbocycles. The van der Waals surface area contributed by atoms with Gasteiger partial charge >= 0.3 is 0 Å². The van der Waals surface area contributed by atoms with Gasteiger partial charge in [-0.2, -0.15) is 11.8 Å². The van der Waals surface area contributed by atoms with Crippen molar-refractivity contribution in [1.29, 1.82) is 0 Å². The molecule has 0 aliphatic carbocycles. The van der Waals surface area contributed by atoms with Gasteiger partial charge in [-0.15, -0.1) is 0 Å². The summed E-state index contributed by atoms with van der Waals surface area (Å²) >= 11 is 5.51. The van der Waals surface area contributed by atoms with E-state index in [1.807, 2.05) is 24.3 Å². The summed E-state index contributed by atoms with van der Waals surface area (Å²) in [5.74, 6) is 3.32. The number of piperidine rings is 1. The first kappa shape index (κ1) is 17.3. The Kier molecular flexibility index (Phi) is 6.43. The van der Waals surface area contributed by atoms with Gasteiger partial charge in [0.15, 0.2) is 0 Å². The van der Waals surface area contributed by atoms with Gasteiger partial charge in [-0.1, -0.05) is 22.0 Å². The monoisotopic (exact) mass is 396 g/mol. The predicted molar refractivity (Wildman–Crippen MR) is 101 cm³/mol. The summed E-state index contributed by atoms with van der Waals surface area (Å²) in [6.07, 6.45) is 5.13. The molecule has 0 radical (unpaired) electrons. The third-order valence-electron chi connectivity index (χ3n) is 4.99. The number of nitrogens with one attached hydrogen (secondary N) is 1. The third-order valence-corrected chi connectivity index (χ3v) is 6.54. The molecular weight excluding hydrogens is 372 g/mol. The number of amides is 1. The number of thioether (sulfide) groups is 1. The van der Waals surface area contributed by atoms with Gasteiger partial charge in [-0.05, 0) is 74.4 Å². The van der Waals surface area contributed by atoms with Crippen LogP contribution in [-0.2, 0) is 0 Å². The van der Waals surface area contributed by atoms with Crippen LogP contribution in [0.4, 0.5) is 0 Å². The number of carbonyl (C=O) groups is 1. The standard InChI is InChI=1S/C18H25BrN2OS/c19-16-3-1-2-15(12-16)18(22)20-13-14-4-8-21(9-5-14)17-6-10-23-11-7-17/h1-3,12,14,17H,4-11,13H2,(H,20,22). The Morgan fingerprint density at radius 3 is 2.65 bits per heavy atom. The molecule has 0 aromatic heterocycles. The minimum Gasteiger partial charge on any atom is -0.352 e. The van der Waals surface area contributed by atoms with Gasteiger partial charge in [0, 0.05) is 22.6 Å². The van der Waals surface area contributed by atoms with Crippen LogP contribution in [0, 0.1) is 5.92 Å². The van der Waals surface area contributed by atoms with Crippen LogP contribution in [0.25, 0.3) is 0 Å². The van der Waals surface area contributed by atoms with E-state index in [0.717, 1.165) is 22.6 Å². The molecule has 2 aliphatic heterocycles. The number of halogens is 1. The van der Waals surface area contributed by atoms with Gasteiger partial charge in [0.25, 0.3) is 5.91 Å². The Hall–Kier alpha value is -0.520. The quantitative estimate of drug-likeness (QED) is 0.839. The minimum atomic E-state index is 0.0398. The number of benzene rings is 1. The maximum atomic E-state index is 12.2. The zero-order valence-electron chi connectivity index (χ0n) is 13.5. The van der Waals surface area contributed by atoms with Gasteiger partial charge in [0.05, 0.1) is 0 Å². The highest BCUT2D eigenvalue weighted by molar-refractivity contribution is 9.10. The molecule has 0 spiro atoms. The maximum absolute atomic E-state index is 12.2. The lowest BCUT2D eigenvalue weighted by Gasteiger charge is -2.39. The van der Waals surface area contributed by atoms with Crippen LogP contribution >= 0.6 is 27.7 Å². The largest absolute Gasteiger partial charge is 0.352 e. The van der Waals surface area contributed by atoms with E-state index < -0.39 is 0 Å². The van der Waals surface area contributed by atoms with E-state index in [4.69, 9.17) is 0 Å². The van der Waals surface area contributed by atoms with Crippen molar-refractivity contribution < 1.29 is 4.79 Å². The Bertz CT molecular complexity index is 526. The fourth-order valence-electron chi connectivity index (χ4n) is 3.54. The minimum absolute atomic E-state index is 0.0398. The molecule has 0 atom stereocenters. The normalized spacial score (nSPS) is 21.3. The lowest BCUT2D eigenvalue weighted by atomic mass is 9.94. The summed E-state index contributed by atoms with van der Waals surface area (Å²) in [6, 6.07) is 8.40. The molecule has 3 rings (SSSR count). The van der Waals surface area contributed by atoms with Crippen LogP contribution in [0.15, 0.2) is 28.7 Å². The molecule has 23 heavy (non-hydrogen) atoms. The van der Waals surface area contributed by atoms with E-state index in [1.54, 1.807) is 0 Å². The number of likely N-dealkylation sites (tertiary alicyclic amines) is 1. The molecule has 126 valence electrons. The van der Waals surface area contributed by atoms with Gasteiger partial charge in [-0.3, -0.25) is 4.79 Å². The molecule has 2 fully saturated rings. The van der Waals surface area contributed by atoms with Gasteiger partial charge in [0.2, 0.25) is 0 Å². The lowest BCUT2D eigenvalue weighted by Crippen LogP contribution is -2.45. The van der Waals surface area contributed by atoms with Crippen LogP contribution in [0.1, 0.15) is 36.0 Å². The molecule has 2 saturated heterocycles. The van der Waals surface area contributed by atoms with Crippen molar-refractivity contribution in [1.82, 2.24) is 10.2 Å². The van der Waals surface area contributed by atoms with Crippen molar-refractivity contribution in [3.8, 4) is 0 Å². The third kappa shape index (κ3) is 4.97. The summed E-state index contributed by atoms with van der Waals surface area (Å²) in [4.78, 5) is 14.9. The molecule has 1 aromatic carbocycles. The first-order valence-electron chi connectivity index (χ1n) is 8.58. The fraction of sp³-hybridized carbons (Fsp3) is 0.611. The van der Waals surface area contributed by atoms with Crippen molar-refractivity contribution >= 4 is 33.6 Å². The maximum Gasteiger partial charge on any atom is 0.251 e. The van der Waals surface area contributed by atoms with E-state index in [1.165, 1.54) is 50.3 Å². The average molecular weight is 397 g/mol. The van der Waals surface area contributed by atoms with Crippen LogP contribution in [0.3, 0.4) is 0 Å². The zero-order chi connectivity index (χ0) is 16.1. The topological polar surface area (TPSA) is 32.3 Å². The summed E-state index contributed by atoms with van der Waals surface area (Å²) < 4.78 is 0.948. The van der Waals surface area contributed by atoms with Crippen molar-refractivity contribution in [3.63, 3.8) is 0 Å². The lowest BCUT2D eigenvalue weighted by molar-refractivity contribution is 0.0920.